The van der Waals surface area contributed by atoms with Crippen LogP contribution in [-0.2, 0) is 17.1 Å². The second-order valence-corrected chi connectivity index (χ2v) is 15.2. The Morgan fingerprint density at radius 2 is 1.57 bits per heavy atom. The van der Waals surface area contributed by atoms with E-state index in [0.717, 1.165) is 31.7 Å². The summed E-state index contributed by atoms with van der Waals surface area (Å²) < 4.78 is 48.9. The van der Waals surface area contributed by atoms with E-state index in [2.05, 4.69) is 0 Å². The minimum absolute atomic E-state index is 0.0169. The topological polar surface area (TPSA) is 76.4 Å². The van der Waals surface area contributed by atoms with Gasteiger partial charge in [-0.25, -0.2) is 4.39 Å². The van der Waals surface area contributed by atoms with Crippen LogP contribution in [0.15, 0.2) is 18.2 Å². The molecule has 1 N–H and O–H groups in total. The van der Waals surface area contributed by atoms with Crippen LogP contribution in [0.4, 0.5) is 13.2 Å². The smallest absolute Gasteiger partial charge is 0.309 e. The maximum absolute atomic E-state index is 16.0. The number of Topliss-reactive ketones (excluding diaryl/α,β-unsaturated/α-hetero) is 2. The van der Waals surface area contributed by atoms with Crippen LogP contribution in [0, 0.1) is 17.8 Å². The van der Waals surface area contributed by atoms with Crippen molar-refractivity contribution in [1.82, 2.24) is 4.57 Å². The van der Waals surface area contributed by atoms with Crippen molar-refractivity contribution in [2.75, 3.05) is 0 Å². The van der Waals surface area contributed by atoms with Gasteiger partial charge in [0.15, 0.2) is 11.6 Å². The van der Waals surface area contributed by atoms with Gasteiger partial charge in [-0.2, -0.15) is 8.78 Å². The summed E-state index contributed by atoms with van der Waals surface area (Å²) in [4.78, 5) is 40.4. The predicted octanol–water partition coefficient (Wildman–Crippen LogP) is 10.9. The number of halogens is 5. The monoisotopic (exact) mass is 683 g/mol. The van der Waals surface area contributed by atoms with Gasteiger partial charge in [-0.15, -0.1) is 0 Å². The zero-order valence-electron chi connectivity index (χ0n) is 27.5. The molecule has 46 heavy (non-hydrogen) atoms. The molecule has 2 fully saturated rings. The van der Waals surface area contributed by atoms with Gasteiger partial charge in [0.05, 0.1) is 26.7 Å². The van der Waals surface area contributed by atoms with Crippen LogP contribution in [0.3, 0.4) is 0 Å². The van der Waals surface area contributed by atoms with Crippen molar-refractivity contribution < 1.29 is 32.7 Å². The summed E-state index contributed by atoms with van der Waals surface area (Å²) in [5.74, 6) is -5.49. The number of aliphatic carboxylic acids is 1. The Labute approximate surface area is 280 Å². The van der Waals surface area contributed by atoms with E-state index < -0.39 is 51.7 Å². The van der Waals surface area contributed by atoms with Gasteiger partial charge >= 0.3 is 5.97 Å². The van der Waals surface area contributed by atoms with Crippen LogP contribution >= 0.6 is 23.2 Å². The average molecular weight is 685 g/mol. The number of ketones is 2. The number of aromatic nitrogens is 1. The van der Waals surface area contributed by atoms with Crippen molar-refractivity contribution in [3.63, 3.8) is 0 Å². The van der Waals surface area contributed by atoms with Crippen LogP contribution in [0.25, 0.3) is 0 Å². The van der Waals surface area contributed by atoms with E-state index in [1.54, 1.807) is 37.5 Å². The molecule has 1 heterocycles. The molecule has 0 spiro atoms. The molecule has 2 saturated carbocycles. The SMILES string of the molecule is CCc1cc(C(=O)C(C)(CCC2(F)CCCCC2)CC(=O)c2c(Cl)cc(C)cc2Cl)c(C(C)(F)F)n1C1CCC(C)(C(=O)O)CC1. The van der Waals surface area contributed by atoms with E-state index >= 15 is 13.2 Å². The number of benzene rings is 1. The second kappa shape index (κ2) is 13.7. The van der Waals surface area contributed by atoms with E-state index in [-0.39, 0.29) is 40.4 Å². The number of carbonyl (C=O) groups is 3. The van der Waals surface area contributed by atoms with Crippen molar-refractivity contribution in [2.24, 2.45) is 10.8 Å². The summed E-state index contributed by atoms with van der Waals surface area (Å²) in [5, 5.41) is 9.99. The Hall–Kier alpha value is -2.32. The summed E-state index contributed by atoms with van der Waals surface area (Å²) in [5.41, 5.74) is -3.25. The fourth-order valence-electron chi connectivity index (χ4n) is 7.55. The first-order valence-electron chi connectivity index (χ1n) is 16.4. The maximum Gasteiger partial charge on any atom is 0.309 e. The molecule has 1 atom stereocenters. The first-order valence-corrected chi connectivity index (χ1v) is 17.2. The normalized spacial score (nSPS) is 23.1. The van der Waals surface area contributed by atoms with Gasteiger partial charge < -0.3 is 9.67 Å². The van der Waals surface area contributed by atoms with Gasteiger partial charge in [-0.05, 0) is 95.4 Å². The quantitative estimate of drug-likeness (QED) is 0.226. The molecule has 10 heteroatoms. The first-order chi connectivity index (χ1) is 21.3. The first kappa shape index (κ1) is 36.5. The highest BCUT2D eigenvalue weighted by Crippen LogP contribution is 2.48. The molecule has 0 radical (unpaired) electrons. The molecule has 1 unspecified atom stereocenters. The molecular weight excluding hydrogens is 638 g/mol. The molecule has 2 aliphatic rings. The van der Waals surface area contributed by atoms with Gasteiger partial charge in [0, 0.05) is 36.1 Å². The molecule has 2 aromatic rings. The molecular formula is C36H46Cl2F3NO4. The maximum atomic E-state index is 16.0. The van der Waals surface area contributed by atoms with Crippen LogP contribution in [-0.4, -0.2) is 32.9 Å². The van der Waals surface area contributed by atoms with Gasteiger partial charge in [0.2, 0.25) is 0 Å². The number of aryl methyl sites for hydroxylation is 2. The Balaban J connectivity index is 1.79. The van der Waals surface area contributed by atoms with Crippen molar-refractivity contribution in [2.45, 2.75) is 136 Å². The van der Waals surface area contributed by atoms with Crippen LogP contribution in [0.1, 0.15) is 148 Å². The number of rotatable bonds is 12. The summed E-state index contributed by atoms with van der Waals surface area (Å²) in [6, 6.07) is 4.28. The number of carbonyl (C=O) groups excluding carboxylic acids is 2. The van der Waals surface area contributed by atoms with Crippen molar-refractivity contribution >= 4 is 40.7 Å². The molecule has 0 saturated heterocycles. The molecule has 0 bridgehead atoms. The molecule has 0 amide bonds. The van der Waals surface area contributed by atoms with Gasteiger partial charge in [-0.3, -0.25) is 14.4 Å². The van der Waals surface area contributed by atoms with Crippen molar-refractivity contribution in [3.8, 4) is 0 Å². The summed E-state index contributed by atoms with van der Waals surface area (Å²) in [7, 11) is 0. The fourth-order valence-corrected chi connectivity index (χ4v) is 8.36. The molecule has 1 aromatic heterocycles. The van der Waals surface area contributed by atoms with Crippen molar-refractivity contribution in [1.29, 1.82) is 0 Å². The van der Waals surface area contributed by atoms with Crippen LogP contribution in [0.2, 0.25) is 10.0 Å². The minimum atomic E-state index is -3.43. The van der Waals surface area contributed by atoms with Gasteiger partial charge in [0.1, 0.15) is 5.67 Å². The molecule has 2 aliphatic carbocycles. The third-order valence-electron chi connectivity index (χ3n) is 10.5. The van der Waals surface area contributed by atoms with Crippen LogP contribution < -0.4 is 0 Å². The largest absolute Gasteiger partial charge is 0.481 e. The lowest BCUT2D eigenvalue weighted by atomic mass is 9.70. The van der Waals surface area contributed by atoms with Gasteiger partial charge in [0.25, 0.3) is 5.92 Å². The third kappa shape index (κ3) is 7.53. The summed E-state index contributed by atoms with van der Waals surface area (Å²) in [6.45, 7) is 7.59. The Bertz CT molecular complexity index is 1460. The lowest BCUT2D eigenvalue weighted by Crippen LogP contribution is -2.37. The second-order valence-electron chi connectivity index (χ2n) is 14.4. The predicted molar refractivity (Wildman–Crippen MR) is 175 cm³/mol. The highest BCUT2D eigenvalue weighted by molar-refractivity contribution is 6.40. The number of nitrogens with zero attached hydrogens (tertiary/aromatic N) is 1. The Morgan fingerprint density at radius 1 is 1.00 bits per heavy atom. The van der Waals surface area contributed by atoms with E-state index in [9.17, 15) is 19.5 Å². The Kier molecular flexibility index (Phi) is 10.8. The van der Waals surface area contributed by atoms with E-state index in [1.165, 1.54) is 6.07 Å². The molecule has 1 aromatic carbocycles. The molecule has 254 valence electrons. The Morgan fingerprint density at radius 3 is 2.07 bits per heavy atom. The molecule has 0 aliphatic heterocycles. The van der Waals surface area contributed by atoms with E-state index in [4.69, 9.17) is 23.2 Å². The highest BCUT2D eigenvalue weighted by Gasteiger charge is 2.47. The zero-order valence-corrected chi connectivity index (χ0v) is 29.0. The average Bonchev–Trinajstić information content (AvgIpc) is 3.36. The number of carboxylic acids is 1. The van der Waals surface area contributed by atoms with Crippen LogP contribution in [0.5, 0.6) is 0 Å². The molecule has 4 rings (SSSR count). The van der Waals surface area contributed by atoms with E-state index in [1.807, 2.05) is 6.92 Å². The number of hydrogen-bond acceptors (Lipinski definition) is 3. The summed E-state index contributed by atoms with van der Waals surface area (Å²) in [6.07, 6.45) is 4.44. The highest BCUT2D eigenvalue weighted by atomic mass is 35.5. The van der Waals surface area contributed by atoms with E-state index in [0.29, 0.717) is 50.6 Å². The lowest BCUT2D eigenvalue weighted by Gasteiger charge is -2.37. The fraction of sp³-hybridized carbons (Fsp3) is 0.639. The zero-order chi connectivity index (χ0) is 34.2. The number of alkyl halides is 3. The third-order valence-corrected chi connectivity index (χ3v) is 11.1. The number of hydrogen-bond donors (Lipinski definition) is 1. The van der Waals surface area contributed by atoms with Gasteiger partial charge in [-0.1, -0.05) is 56.3 Å². The molecule has 5 nitrogen and oxygen atoms in total. The minimum Gasteiger partial charge on any atom is -0.481 e. The summed E-state index contributed by atoms with van der Waals surface area (Å²) >= 11 is 12.9. The van der Waals surface area contributed by atoms with Crippen molar-refractivity contribution in [3.05, 3.63) is 56.3 Å². The standard InChI is InChI=1S/C36H46Cl2F3NO4/c1-6-23-20-25(30(35(5,39)40)42(23)24-10-14-33(3,15-11-24)32(45)46)31(44)34(4,16-17-36(41)12-8-7-9-13-36)21-28(43)29-26(37)18-22(2)19-27(29)38/h18-20,24H,6-17,21H2,1-5H3,(H,45,46). The lowest BCUT2D eigenvalue weighted by molar-refractivity contribution is -0.150. The number of carboxylic acid groups (broad SMARTS) is 1.